The van der Waals surface area contributed by atoms with Crippen molar-refractivity contribution in [3.8, 4) is 5.75 Å². The first-order valence-corrected chi connectivity index (χ1v) is 8.49. The van der Waals surface area contributed by atoms with Gasteiger partial charge in [0.05, 0.1) is 0 Å². The molecule has 0 radical (unpaired) electrons. The van der Waals surface area contributed by atoms with Crippen LogP contribution in [0.3, 0.4) is 0 Å². The summed E-state index contributed by atoms with van der Waals surface area (Å²) in [6.07, 6.45) is 3.55. The molecule has 1 saturated heterocycles. The van der Waals surface area contributed by atoms with Crippen LogP contribution in [0, 0.1) is 6.92 Å². The van der Waals surface area contributed by atoms with Gasteiger partial charge in [0.25, 0.3) is 0 Å². The van der Waals surface area contributed by atoms with E-state index in [9.17, 15) is 5.11 Å². The fraction of sp³-hybridized carbons (Fsp3) is 0.625. The molecule has 4 heteroatoms. The zero-order chi connectivity index (χ0) is 14.2. The standard InChI is InChI=1S/C16H25NO2S/c1-13-5-4-6-15(9-13)19-12-14(18)10-17-11-16-7-2-3-8-20-16/h4-6,9,14,16-18H,2-3,7-8,10-12H2,1H3. The third-order valence-corrected chi connectivity index (χ3v) is 4.86. The molecule has 2 unspecified atom stereocenters. The number of aliphatic hydroxyl groups excluding tert-OH is 1. The van der Waals surface area contributed by atoms with Crippen LogP contribution < -0.4 is 10.1 Å². The lowest BCUT2D eigenvalue weighted by molar-refractivity contribution is 0.106. The second-order valence-electron chi connectivity index (χ2n) is 5.43. The lowest BCUT2D eigenvalue weighted by Gasteiger charge is -2.22. The van der Waals surface area contributed by atoms with Crippen molar-refractivity contribution >= 4 is 11.8 Å². The van der Waals surface area contributed by atoms with Crippen LogP contribution in [0.5, 0.6) is 5.75 Å². The minimum atomic E-state index is -0.455. The summed E-state index contributed by atoms with van der Waals surface area (Å²) < 4.78 is 5.60. The summed E-state index contributed by atoms with van der Waals surface area (Å²) in [4.78, 5) is 0. The van der Waals surface area contributed by atoms with Crippen LogP contribution >= 0.6 is 11.8 Å². The Kier molecular flexibility index (Phi) is 6.70. The number of nitrogens with one attached hydrogen (secondary N) is 1. The maximum absolute atomic E-state index is 9.91. The summed E-state index contributed by atoms with van der Waals surface area (Å²) >= 11 is 2.05. The van der Waals surface area contributed by atoms with Crippen molar-refractivity contribution in [2.45, 2.75) is 37.5 Å². The average molecular weight is 295 g/mol. The molecule has 1 aliphatic heterocycles. The van der Waals surface area contributed by atoms with Gasteiger partial charge in [0.2, 0.25) is 0 Å². The van der Waals surface area contributed by atoms with Gasteiger partial charge in [-0.1, -0.05) is 18.6 Å². The first-order valence-electron chi connectivity index (χ1n) is 7.44. The highest BCUT2D eigenvalue weighted by molar-refractivity contribution is 7.99. The molecular weight excluding hydrogens is 270 g/mol. The van der Waals surface area contributed by atoms with Gasteiger partial charge in [-0.05, 0) is 43.2 Å². The summed E-state index contributed by atoms with van der Waals surface area (Å²) in [5.41, 5.74) is 1.17. The van der Waals surface area contributed by atoms with E-state index in [1.807, 2.05) is 31.2 Å². The Morgan fingerprint density at radius 1 is 1.45 bits per heavy atom. The maximum atomic E-state index is 9.91. The Hall–Kier alpha value is -0.710. The fourth-order valence-electron chi connectivity index (χ4n) is 2.34. The number of rotatable bonds is 7. The number of hydrogen-bond acceptors (Lipinski definition) is 4. The average Bonchev–Trinajstić information content (AvgIpc) is 2.46. The van der Waals surface area contributed by atoms with Gasteiger partial charge in [-0.25, -0.2) is 0 Å². The highest BCUT2D eigenvalue weighted by atomic mass is 32.2. The summed E-state index contributed by atoms with van der Waals surface area (Å²) in [6.45, 7) is 3.97. The van der Waals surface area contributed by atoms with Crippen molar-refractivity contribution in [2.75, 3.05) is 25.4 Å². The Morgan fingerprint density at radius 2 is 2.35 bits per heavy atom. The van der Waals surface area contributed by atoms with Crippen LogP contribution in [0.1, 0.15) is 24.8 Å². The van der Waals surface area contributed by atoms with E-state index in [0.717, 1.165) is 12.3 Å². The van der Waals surface area contributed by atoms with E-state index in [0.29, 0.717) is 18.4 Å². The van der Waals surface area contributed by atoms with E-state index in [1.54, 1.807) is 0 Å². The molecule has 0 bridgehead atoms. The van der Waals surface area contributed by atoms with Crippen LogP contribution in [0.4, 0.5) is 0 Å². The predicted octanol–water partition coefficient (Wildman–Crippen LogP) is 2.61. The smallest absolute Gasteiger partial charge is 0.119 e. The number of hydrogen-bond donors (Lipinski definition) is 2. The Labute approximate surface area is 126 Å². The number of aliphatic hydroxyl groups is 1. The molecule has 0 aliphatic carbocycles. The monoisotopic (exact) mass is 295 g/mol. The number of aryl methyl sites for hydroxylation is 1. The first kappa shape index (κ1) is 15.7. The van der Waals surface area contributed by atoms with Crippen molar-refractivity contribution < 1.29 is 9.84 Å². The molecule has 2 rings (SSSR count). The predicted molar refractivity (Wildman–Crippen MR) is 85.6 cm³/mol. The number of benzene rings is 1. The van der Waals surface area contributed by atoms with Crippen LogP contribution in [-0.4, -0.2) is 41.9 Å². The Balaban J connectivity index is 1.59. The Bertz CT molecular complexity index is 394. The highest BCUT2D eigenvalue weighted by Gasteiger charge is 2.14. The molecule has 0 saturated carbocycles. The van der Waals surface area contributed by atoms with Gasteiger partial charge in [0, 0.05) is 18.3 Å². The molecule has 1 aromatic carbocycles. The van der Waals surface area contributed by atoms with E-state index in [1.165, 1.54) is 30.6 Å². The minimum absolute atomic E-state index is 0.342. The van der Waals surface area contributed by atoms with E-state index < -0.39 is 6.10 Å². The molecule has 1 fully saturated rings. The van der Waals surface area contributed by atoms with E-state index in [-0.39, 0.29) is 0 Å². The van der Waals surface area contributed by atoms with Crippen LogP contribution in [0.15, 0.2) is 24.3 Å². The number of thioether (sulfide) groups is 1. The molecule has 112 valence electrons. The zero-order valence-electron chi connectivity index (χ0n) is 12.2. The van der Waals surface area contributed by atoms with Gasteiger partial charge >= 0.3 is 0 Å². The van der Waals surface area contributed by atoms with Gasteiger partial charge in [-0.3, -0.25) is 0 Å². The molecule has 0 spiro atoms. The largest absolute Gasteiger partial charge is 0.491 e. The second-order valence-corrected chi connectivity index (χ2v) is 6.84. The lowest BCUT2D eigenvalue weighted by atomic mass is 10.2. The van der Waals surface area contributed by atoms with Gasteiger partial charge in [0.1, 0.15) is 18.5 Å². The van der Waals surface area contributed by atoms with E-state index >= 15 is 0 Å². The maximum Gasteiger partial charge on any atom is 0.119 e. The minimum Gasteiger partial charge on any atom is -0.491 e. The van der Waals surface area contributed by atoms with Crippen molar-refractivity contribution in [3.63, 3.8) is 0 Å². The molecular formula is C16H25NO2S. The summed E-state index contributed by atoms with van der Waals surface area (Å²) in [7, 11) is 0. The molecule has 0 amide bonds. The highest BCUT2D eigenvalue weighted by Crippen LogP contribution is 2.24. The first-order chi connectivity index (χ1) is 9.74. The van der Waals surface area contributed by atoms with Crippen molar-refractivity contribution in [1.82, 2.24) is 5.32 Å². The topological polar surface area (TPSA) is 41.5 Å². The second kappa shape index (κ2) is 8.55. The molecule has 20 heavy (non-hydrogen) atoms. The Morgan fingerprint density at radius 3 is 3.10 bits per heavy atom. The molecule has 0 aromatic heterocycles. The molecule has 2 atom stereocenters. The summed E-state index contributed by atoms with van der Waals surface area (Å²) in [6, 6.07) is 7.91. The normalized spacial score (nSPS) is 20.6. The van der Waals surface area contributed by atoms with Crippen LogP contribution in [0.2, 0.25) is 0 Å². The van der Waals surface area contributed by atoms with Gasteiger partial charge < -0.3 is 15.2 Å². The SMILES string of the molecule is Cc1cccc(OCC(O)CNCC2CCCCS2)c1. The third kappa shape index (κ3) is 5.73. The van der Waals surface area contributed by atoms with Crippen LogP contribution in [-0.2, 0) is 0 Å². The van der Waals surface area contributed by atoms with Gasteiger partial charge in [-0.15, -0.1) is 0 Å². The quantitative estimate of drug-likeness (QED) is 0.811. The summed E-state index contributed by atoms with van der Waals surface area (Å²) in [5, 5.41) is 14.0. The van der Waals surface area contributed by atoms with Crippen molar-refractivity contribution in [2.24, 2.45) is 0 Å². The molecule has 1 aliphatic rings. The molecule has 1 heterocycles. The fourth-order valence-corrected chi connectivity index (χ4v) is 3.61. The molecule has 2 N–H and O–H groups in total. The van der Waals surface area contributed by atoms with E-state index in [4.69, 9.17) is 4.74 Å². The number of ether oxygens (including phenoxy) is 1. The third-order valence-electron chi connectivity index (χ3n) is 3.46. The summed E-state index contributed by atoms with van der Waals surface area (Å²) in [5.74, 6) is 2.11. The van der Waals surface area contributed by atoms with Crippen molar-refractivity contribution in [1.29, 1.82) is 0 Å². The van der Waals surface area contributed by atoms with E-state index in [2.05, 4.69) is 17.1 Å². The zero-order valence-corrected chi connectivity index (χ0v) is 13.0. The van der Waals surface area contributed by atoms with Gasteiger partial charge in [-0.2, -0.15) is 11.8 Å². The van der Waals surface area contributed by atoms with Crippen LogP contribution in [0.25, 0.3) is 0 Å². The van der Waals surface area contributed by atoms with Gasteiger partial charge in [0.15, 0.2) is 0 Å². The molecule has 1 aromatic rings. The lowest BCUT2D eigenvalue weighted by Crippen LogP contribution is -2.35. The van der Waals surface area contributed by atoms with Crippen molar-refractivity contribution in [3.05, 3.63) is 29.8 Å². The molecule has 3 nitrogen and oxygen atoms in total.